The number of nitrogens with one attached hydrogen (secondary N) is 1. The molecule has 1 N–H and O–H groups in total. The summed E-state index contributed by atoms with van der Waals surface area (Å²) >= 11 is 1.51. The number of carbonyl (C=O) groups excluding carboxylic acids is 2. The van der Waals surface area contributed by atoms with Gasteiger partial charge in [0, 0.05) is 11.1 Å². The molecule has 5 aromatic rings. The van der Waals surface area contributed by atoms with Crippen molar-refractivity contribution in [1.29, 1.82) is 0 Å². The van der Waals surface area contributed by atoms with Gasteiger partial charge in [0.2, 0.25) is 18.6 Å². The minimum atomic E-state index is -0.304. The van der Waals surface area contributed by atoms with E-state index in [9.17, 15) is 9.59 Å². The Morgan fingerprint density at radius 3 is 2.64 bits per heavy atom. The summed E-state index contributed by atoms with van der Waals surface area (Å²) in [6.45, 7) is 4.29. The van der Waals surface area contributed by atoms with Crippen molar-refractivity contribution in [1.82, 2.24) is 15.1 Å². The van der Waals surface area contributed by atoms with E-state index in [-0.39, 0.29) is 42.7 Å². The Balaban J connectivity index is 1.42. The van der Waals surface area contributed by atoms with Crippen molar-refractivity contribution in [2.75, 3.05) is 24.0 Å². The smallest absolute Gasteiger partial charge is 0.240 e. The van der Waals surface area contributed by atoms with Gasteiger partial charge in [-0.05, 0) is 55.3 Å². The molecule has 9 nitrogen and oxygen atoms in total. The summed E-state index contributed by atoms with van der Waals surface area (Å²) in [6, 6.07) is 25.5. The molecular formula is C34H30N4O5S. The quantitative estimate of drug-likeness (QED) is 0.244. The van der Waals surface area contributed by atoms with E-state index in [2.05, 4.69) is 11.4 Å². The molecule has 2 amide bonds. The maximum atomic E-state index is 14.0. The van der Waals surface area contributed by atoms with E-state index >= 15 is 0 Å². The van der Waals surface area contributed by atoms with Crippen molar-refractivity contribution in [3.63, 3.8) is 0 Å². The molecule has 1 atom stereocenters. The lowest BCUT2D eigenvalue weighted by atomic mass is 9.99. The number of amides is 2. The molecule has 0 bridgehead atoms. The lowest BCUT2D eigenvalue weighted by Gasteiger charge is -2.24. The topological polar surface area (TPSA) is 98.8 Å². The zero-order valence-corrected chi connectivity index (χ0v) is 25.1. The molecule has 3 aromatic carbocycles. The van der Waals surface area contributed by atoms with E-state index < -0.39 is 0 Å². The monoisotopic (exact) mass is 606 g/mol. The third kappa shape index (κ3) is 5.22. The minimum absolute atomic E-state index is 0.167. The van der Waals surface area contributed by atoms with Crippen LogP contribution in [-0.4, -0.2) is 40.7 Å². The number of thioether (sulfide) groups is 1. The van der Waals surface area contributed by atoms with Crippen LogP contribution in [0.25, 0.3) is 16.9 Å². The molecule has 2 aliphatic rings. The molecule has 0 saturated carbocycles. The van der Waals surface area contributed by atoms with Gasteiger partial charge in [-0.2, -0.15) is 5.10 Å². The number of anilines is 1. The predicted octanol–water partition coefficient (Wildman–Crippen LogP) is 5.96. The van der Waals surface area contributed by atoms with Crippen molar-refractivity contribution in [2.24, 2.45) is 0 Å². The summed E-state index contributed by atoms with van der Waals surface area (Å²) in [5.41, 5.74) is 6.41. The molecule has 2 aliphatic heterocycles. The largest absolute Gasteiger partial charge is 0.467 e. The molecule has 0 saturated heterocycles. The van der Waals surface area contributed by atoms with Crippen LogP contribution in [-0.2, 0) is 16.1 Å². The average molecular weight is 607 g/mol. The Kier molecular flexibility index (Phi) is 7.35. The maximum absolute atomic E-state index is 14.0. The summed E-state index contributed by atoms with van der Waals surface area (Å²) in [5.74, 6) is 2.23. The van der Waals surface area contributed by atoms with E-state index in [1.54, 1.807) is 23.3 Å². The number of aromatic nitrogens is 2. The van der Waals surface area contributed by atoms with Gasteiger partial charge in [0.1, 0.15) is 18.1 Å². The molecule has 0 radical (unpaired) electrons. The van der Waals surface area contributed by atoms with Crippen LogP contribution in [0.1, 0.15) is 33.3 Å². The van der Waals surface area contributed by atoms with Crippen molar-refractivity contribution in [3.8, 4) is 28.4 Å². The van der Waals surface area contributed by atoms with Crippen LogP contribution < -0.4 is 19.7 Å². The zero-order valence-electron chi connectivity index (χ0n) is 24.3. The molecule has 1 unspecified atom stereocenters. The summed E-state index contributed by atoms with van der Waals surface area (Å²) < 4.78 is 18.5. The van der Waals surface area contributed by atoms with Crippen LogP contribution in [0.4, 0.5) is 5.82 Å². The molecule has 4 heterocycles. The lowest BCUT2D eigenvalue weighted by Crippen LogP contribution is -2.42. The number of carbonyl (C=O) groups is 2. The van der Waals surface area contributed by atoms with Gasteiger partial charge >= 0.3 is 0 Å². The van der Waals surface area contributed by atoms with Gasteiger partial charge < -0.3 is 19.2 Å². The van der Waals surface area contributed by atoms with Crippen LogP contribution in [0, 0.1) is 13.8 Å². The summed E-state index contributed by atoms with van der Waals surface area (Å²) in [7, 11) is 0. The average Bonchev–Trinajstić information content (AvgIpc) is 3.78. The van der Waals surface area contributed by atoms with Crippen LogP contribution in [0.5, 0.6) is 11.5 Å². The Morgan fingerprint density at radius 2 is 1.84 bits per heavy atom. The molecule has 0 aliphatic carbocycles. The SMILES string of the molecule is Cc1ccc(-n2nc(-c3ccccc3)c3c2N(CC(=O)NCc2ccco2)C(=O)CSC3c2ccc3c(c2)OCO3)c(C)c1. The number of nitrogens with zero attached hydrogens (tertiary/aromatic N) is 3. The third-order valence-corrected chi connectivity index (χ3v) is 9.01. The highest BCUT2D eigenvalue weighted by molar-refractivity contribution is 8.00. The normalized spacial score (nSPS) is 15.6. The standard InChI is InChI=1S/C34H30N4O5S/c1-21-10-12-26(22(2)15-21)38-34-31(32(36-38)23-7-4-3-5-8-23)33(24-11-13-27-28(16-24)43-20-42-27)44-19-30(40)37(34)18-29(39)35-17-25-9-6-14-41-25/h3-16,33H,17-20H2,1-2H3,(H,35,39). The van der Waals surface area contributed by atoms with Gasteiger partial charge in [0.15, 0.2) is 11.5 Å². The summed E-state index contributed by atoms with van der Waals surface area (Å²) in [6.07, 6.45) is 1.56. The number of fused-ring (bicyclic) bond motifs is 2. The second kappa shape index (κ2) is 11.6. The van der Waals surface area contributed by atoms with E-state index in [1.165, 1.54) is 11.8 Å². The Bertz CT molecular complexity index is 1850. The molecule has 222 valence electrons. The highest BCUT2D eigenvalue weighted by Gasteiger charge is 2.38. The zero-order chi connectivity index (χ0) is 30.2. The van der Waals surface area contributed by atoms with Gasteiger partial charge in [-0.25, -0.2) is 4.68 Å². The van der Waals surface area contributed by atoms with Crippen LogP contribution in [0.2, 0.25) is 0 Å². The van der Waals surface area contributed by atoms with Gasteiger partial charge in [0.05, 0.1) is 35.2 Å². The first-order chi connectivity index (χ1) is 21.5. The van der Waals surface area contributed by atoms with E-state index in [1.807, 2.05) is 79.2 Å². The van der Waals surface area contributed by atoms with E-state index in [4.69, 9.17) is 19.0 Å². The van der Waals surface area contributed by atoms with Crippen molar-refractivity contribution in [3.05, 3.63) is 113 Å². The van der Waals surface area contributed by atoms with Crippen LogP contribution >= 0.6 is 11.8 Å². The maximum Gasteiger partial charge on any atom is 0.240 e. The molecule has 0 spiro atoms. The molecule has 10 heteroatoms. The first kappa shape index (κ1) is 27.8. The van der Waals surface area contributed by atoms with Crippen LogP contribution in [0.3, 0.4) is 0 Å². The first-order valence-corrected chi connectivity index (χ1v) is 15.4. The predicted molar refractivity (Wildman–Crippen MR) is 168 cm³/mol. The van der Waals surface area contributed by atoms with Crippen LogP contribution in [0.15, 0.2) is 89.5 Å². The second-order valence-electron chi connectivity index (χ2n) is 10.8. The fourth-order valence-electron chi connectivity index (χ4n) is 5.68. The Hall–Kier alpha value is -4.96. The Labute approximate surface area is 258 Å². The fourth-order valence-corrected chi connectivity index (χ4v) is 6.87. The lowest BCUT2D eigenvalue weighted by molar-refractivity contribution is -0.123. The molecule has 0 fully saturated rings. The van der Waals surface area contributed by atoms with Crippen molar-refractivity contribution in [2.45, 2.75) is 25.6 Å². The number of aryl methyl sites for hydroxylation is 2. The first-order valence-electron chi connectivity index (χ1n) is 14.3. The number of benzene rings is 3. The molecule has 7 rings (SSSR count). The number of hydrogen-bond donors (Lipinski definition) is 1. The highest BCUT2D eigenvalue weighted by Crippen LogP contribution is 2.50. The van der Waals surface area contributed by atoms with E-state index in [0.717, 1.165) is 39.2 Å². The Morgan fingerprint density at radius 1 is 1.00 bits per heavy atom. The number of hydrogen-bond acceptors (Lipinski definition) is 7. The summed E-state index contributed by atoms with van der Waals surface area (Å²) in [4.78, 5) is 28.9. The van der Waals surface area contributed by atoms with Gasteiger partial charge in [-0.3, -0.25) is 14.5 Å². The fraction of sp³-hybridized carbons (Fsp3) is 0.206. The van der Waals surface area contributed by atoms with Crippen molar-refractivity contribution < 1.29 is 23.5 Å². The molecule has 2 aromatic heterocycles. The second-order valence-corrected chi connectivity index (χ2v) is 11.9. The van der Waals surface area contributed by atoms with Gasteiger partial charge in [-0.15, -0.1) is 11.8 Å². The van der Waals surface area contributed by atoms with E-state index in [0.29, 0.717) is 23.1 Å². The number of rotatable bonds is 7. The number of furan rings is 1. The summed E-state index contributed by atoms with van der Waals surface area (Å²) in [5, 5.41) is 7.81. The van der Waals surface area contributed by atoms with Gasteiger partial charge in [0.25, 0.3) is 0 Å². The minimum Gasteiger partial charge on any atom is -0.467 e. The molecular weight excluding hydrogens is 576 g/mol. The molecule has 44 heavy (non-hydrogen) atoms. The van der Waals surface area contributed by atoms with Gasteiger partial charge in [-0.1, -0.05) is 54.1 Å². The third-order valence-electron chi connectivity index (χ3n) is 7.76. The highest BCUT2D eigenvalue weighted by atomic mass is 32.2. The van der Waals surface area contributed by atoms with Crippen molar-refractivity contribution >= 4 is 29.4 Å². The number of ether oxygens (including phenoxy) is 2.